The van der Waals surface area contributed by atoms with Gasteiger partial charge in [0.15, 0.2) is 0 Å². The van der Waals surface area contributed by atoms with Crippen LogP contribution in [0, 0.1) is 0 Å². The molecule has 2 aliphatic rings. The van der Waals surface area contributed by atoms with Crippen molar-refractivity contribution in [3.05, 3.63) is 0 Å². The molecule has 0 saturated carbocycles. The Kier molecular flexibility index (Phi) is 4.79. The third kappa shape index (κ3) is 3.19. The van der Waals surface area contributed by atoms with Gasteiger partial charge in [-0.1, -0.05) is 0 Å². The molecule has 2 aliphatic heterocycles. The lowest BCUT2D eigenvalue weighted by atomic mass is 10.1. The summed E-state index contributed by atoms with van der Waals surface area (Å²) in [5.41, 5.74) is 5.66. The Hall–Kier alpha value is -0.160. The van der Waals surface area contributed by atoms with Crippen LogP contribution in [0.1, 0.15) is 25.7 Å². The average molecular weight is 241 g/mol. The van der Waals surface area contributed by atoms with E-state index >= 15 is 0 Å². The number of hydrogen-bond acceptors (Lipinski definition) is 4. The van der Waals surface area contributed by atoms with Crippen LogP contribution < -0.4 is 5.73 Å². The van der Waals surface area contributed by atoms with Gasteiger partial charge in [0, 0.05) is 38.8 Å². The number of ether oxygens (including phenoxy) is 1. The van der Waals surface area contributed by atoms with Crippen molar-refractivity contribution in [2.75, 3.05) is 40.3 Å². The van der Waals surface area contributed by atoms with Gasteiger partial charge in [0.1, 0.15) is 0 Å². The standard InChI is InChI=1S/C13H27N3O/c1-15-11-3-4-12(15)10-16(7-5-11)8-6-13(9-14)17-2/h11-13H,3-10,14H2,1-2H3. The van der Waals surface area contributed by atoms with Crippen molar-refractivity contribution in [1.82, 2.24) is 9.80 Å². The van der Waals surface area contributed by atoms with Gasteiger partial charge < -0.3 is 15.4 Å². The Morgan fingerprint density at radius 1 is 1.29 bits per heavy atom. The smallest absolute Gasteiger partial charge is 0.0705 e. The van der Waals surface area contributed by atoms with E-state index in [4.69, 9.17) is 10.5 Å². The van der Waals surface area contributed by atoms with Gasteiger partial charge in [0.25, 0.3) is 0 Å². The molecule has 0 radical (unpaired) electrons. The summed E-state index contributed by atoms with van der Waals surface area (Å²) in [5, 5.41) is 0. The van der Waals surface area contributed by atoms with E-state index in [2.05, 4.69) is 16.8 Å². The van der Waals surface area contributed by atoms with Gasteiger partial charge in [-0.15, -0.1) is 0 Å². The zero-order valence-corrected chi connectivity index (χ0v) is 11.3. The molecule has 2 heterocycles. The second-order valence-electron chi connectivity index (χ2n) is 5.52. The predicted octanol–water partition coefficient (Wildman–Crippen LogP) is 0.519. The van der Waals surface area contributed by atoms with Gasteiger partial charge in [-0.3, -0.25) is 4.90 Å². The van der Waals surface area contributed by atoms with Crippen LogP contribution in [-0.2, 0) is 4.74 Å². The normalized spacial score (nSPS) is 32.6. The summed E-state index contributed by atoms with van der Waals surface area (Å²) in [6, 6.07) is 1.61. The maximum absolute atomic E-state index is 5.66. The van der Waals surface area contributed by atoms with Crippen LogP contribution in [0.2, 0.25) is 0 Å². The van der Waals surface area contributed by atoms with E-state index in [1.807, 2.05) is 0 Å². The number of likely N-dealkylation sites (tertiary alicyclic amines) is 1. The highest BCUT2D eigenvalue weighted by Crippen LogP contribution is 2.28. The maximum atomic E-state index is 5.66. The molecule has 2 fully saturated rings. The van der Waals surface area contributed by atoms with Crippen LogP contribution in [0.15, 0.2) is 0 Å². The molecule has 100 valence electrons. The van der Waals surface area contributed by atoms with E-state index in [0.29, 0.717) is 6.54 Å². The second-order valence-corrected chi connectivity index (χ2v) is 5.52. The number of methoxy groups -OCH3 is 1. The number of fused-ring (bicyclic) bond motifs is 2. The molecule has 3 atom stereocenters. The van der Waals surface area contributed by atoms with Gasteiger partial charge in [0.2, 0.25) is 0 Å². The molecular weight excluding hydrogens is 214 g/mol. The first-order valence-electron chi connectivity index (χ1n) is 6.91. The zero-order chi connectivity index (χ0) is 12.3. The van der Waals surface area contributed by atoms with Crippen LogP contribution in [0.4, 0.5) is 0 Å². The Morgan fingerprint density at radius 3 is 2.76 bits per heavy atom. The highest BCUT2D eigenvalue weighted by Gasteiger charge is 2.34. The molecule has 0 aromatic carbocycles. The van der Waals surface area contributed by atoms with Gasteiger partial charge in [-0.25, -0.2) is 0 Å². The van der Waals surface area contributed by atoms with E-state index in [9.17, 15) is 0 Å². The Labute approximate surface area is 105 Å². The van der Waals surface area contributed by atoms with Crippen molar-refractivity contribution in [1.29, 1.82) is 0 Å². The highest BCUT2D eigenvalue weighted by molar-refractivity contribution is 4.91. The Morgan fingerprint density at radius 2 is 2.06 bits per heavy atom. The van der Waals surface area contributed by atoms with E-state index in [-0.39, 0.29) is 6.10 Å². The van der Waals surface area contributed by atoms with Crippen LogP contribution in [0.25, 0.3) is 0 Å². The molecule has 2 bridgehead atoms. The van der Waals surface area contributed by atoms with Crippen LogP contribution in [-0.4, -0.2) is 68.3 Å². The maximum Gasteiger partial charge on any atom is 0.0705 e. The number of nitrogens with two attached hydrogens (primary N) is 1. The fourth-order valence-electron chi connectivity index (χ4n) is 3.24. The van der Waals surface area contributed by atoms with E-state index in [1.54, 1.807) is 7.11 Å². The van der Waals surface area contributed by atoms with Crippen molar-refractivity contribution in [2.45, 2.75) is 43.9 Å². The fraction of sp³-hybridized carbons (Fsp3) is 1.00. The van der Waals surface area contributed by atoms with Crippen LogP contribution >= 0.6 is 0 Å². The highest BCUT2D eigenvalue weighted by atomic mass is 16.5. The summed E-state index contributed by atoms with van der Waals surface area (Å²) in [6.07, 6.45) is 5.40. The topological polar surface area (TPSA) is 41.7 Å². The number of likely N-dealkylation sites (N-methyl/N-ethyl adjacent to an activating group) is 1. The van der Waals surface area contributed by atoms with Crippen molar-refractivity contribution >= 4 is 0 Å². The molecule has 4 nitrogen and oxygen atoms in total. The molecule has 2 saturated heterocycles. The molecule has 3 unspecified atom stereocenters. The summed E-state index contributed by atoms with van der Waals surface area (Å²) in [5.74, 6) is 0. The Bertz CT molecular complexity index is 233. The lowest BCUT2D eigenvalue weighted by molar-refractivity contribution is 0.0878. The van der Waals surface area contributed by atoms with Crippen molar-refractivity contribution in [2.24, 2.45) is 5.73 Å². The molecule has 0 spiro atoms. The molecule has 0 aromatic rings. The molecular formula is C13H27N3O. The quantitative estimate of drug-likeness (QED) is 0.762. The summed E-state index contributed by atoms with van der Waals surface area (Å²) in [6.45, 7) is 4.24. The summed E-state index contributed by atoms with van der Waals surface area (Å²) >= 11 is 0. The first-order chi connectivity index (χ1) is 8.24. The molecule has 0 aliphatic carbocycles. The lowest BCUT2D eigenvalue weighted by Crippen LogP contribution is -2.38. The van der Waals surface area contributed by atoms with E-state index < -0.39 is 0 Å². The fourth-order valence-corrected chi connectivity index (χ4v) is 3.24. The van der Waals surface area contributed by atoms with Gasteiger partial charge >= 0.3 is 0 Å². The number of nitrogens with zero attached hydrogens (tertiary/aromatic N) is 2. The van der Waals surface area contributed by atoms with Crippen LogP contribution in [0.5, 0.6) is 0 Å². The van der Waals surface area contributed by atoms with Gasteiger partial charge in [-0.05, 0) is 39.3 Å². The summed E-state index contributed by atoms with van der Waals surface area (Å²) < 4.78 is 5.34. The van der Waals surface area contributed by atoms with E-state index in [1.165, 1.54) is 32.4 Å². The first kappa shape index (κ1) is 13.3. The lowest BCUT2D eigenvalue weighted by Gasteiger charge is -2.26. The third-order valence-corrected chi connectivity index (χ3v) is 4.60. The minimum atomic E-state index is 0.230. The molecule has 2 rings (SSSR count). The molecule has 17 heavy (non-hydrogen) atoms. The minimum Gasteiger partial charge on any atom is -0.380 e. The largest absolute Gasteiger partial charge is 0.380 e. The van der Waals surface area contributed by atoms with Crippen molar-refractivity contribution in [3.63, 3.8) is 0 Å². The van der Waals surface area contributed by atoms with Crippen molar-refractivity contribution < 1.29 is 4.74 Å². The van der Waals surface area contributed by atoms with Gasteiger partial charge in [-0.2, -0.15) is 0 Å². The summed E-state index contributed by atoms with van der Waals surface area (Å²) in [7, 11) is 4.05. The number of hydrogen-bond donors (Lipinski definition) is 1. The van der Waals surface area contributed by atoms with Crippen LogP contribution in [0.3, 0.4) is 0 Å². The molecule has 0 aromatic heterocycles. The Balaban J connectivity index is 1.79. The predicted molar refractivity (Wildman–Crippen MR) is 70.1 cm³/mol. The first-order valence-corrected chi connectivity index (χ1v) is 6.91. The van der Waals surface area contributed by atoms with Crippen molar-refractivity contribution in [3.8, 4) is 0 Å². The zero-order valence-electron chi connectivity index (χ0n) is 11.3. The summed E-state index contributed by atoms with van der Waals surface area (Å²) in [4.78, 5) is 5.19. The molecule has 0 amide bonds. The molecule has 4 heteroatoms. The SMILES string of the molecule is COC(CN)CCN1CCC2CCC(C1)N2C. The van der Waals surface area contributed by atoms with E-state index in [0.717, 1.165) is 25.0 Å². The monoisotopic (exact) mass is 241 g/mol. The number of rotatable bonds is 5. The third-order valence-electron chi connectivity index (χ3n) is 4.60. The van der Waals surface area contributed by atoms with Gasteiger partial charge in [0.05, 0.1) is 6.10 Å². The molecule has 2 N–H and O–H groups in total. The average Bonchev–Trinajstić information content (AvgIpc) is 2.57. The second kappa shape index (κ2) is 6.14. The minimum absolute atomic E-state index is 0.230.